The summed E-state index contributed by atoms with van der Waals surface area (Å²) in [4.78, 5) is 12.1. The molecule has 0 saturated heterocycles. The zero-order valence-electron chi connectivity index (χ0n) is 9.01. The standard InChI is InChI=1S/C11H12F3NO/c1-7(16)8-3-4-10(9(12)5-8)15(2)6-11(13)14/h3-5,11H,6H2,1-2H3. The molecule has 0 fully saturated rings. The summed E-state index contributed by atoms with van der Waals surface area (Å²) in [5.74, 6) is -0.933. The fraction of sp³-hybridized carbons (Fsp3) is 0.364. The highest BCUT2D eigenvalue weighted by Crippen LogP contribution is 2.20. The number of benzene rings is 1. The predicted molar refractivity (Wildman–Crippen MR) is 55.7 cm³/mol. The first kappa shape index (κ1) is 12.5. The second-order valence-corrected chi connectivity index (χ2v) is 3.49. The van der Waals surface area contributed by atoms with Crippen LogP contribution in [-0.2, 0) is 0 Å². The minimum absolute atomic E-state index is 0.0605. The summed E-state index contributed by atoms with van der Waals surface area (Å²) in [5.41, 5.74) is 0.289. The number of hydrogen-bond donors (Lipinski definition) is 0. The first-order chi connectivity index (χ1) is 7.41. The molecule has 0 aliphatic carbocycles. The van der Waals surface area contributed by atoms with E-state index in [2.05, 4.69) is 0 Å². The minimum atomic E-state index is -2.53. The Labute approximate surface area is 91.7 Å². The van der Waals surface area contributed by atoms with Crippen LogP contribution in [-0.4, -0.2) is 25.8 Å². The Morgan fingerprint density at radius 2 is 2.06 bits per heavy atom. The van der Waals surface area contributed by atoms with Gasteiger partial charge in [-0.05, 0) is 25.1 Å². The molecule has 0 bridgehead atoms. The topological polar surface area (TPSA) is 20.3 Å². The van der Waals surface area contributed by atoms with Crippen LogP contribution in [0.3, 0.4) is 0 Å². The van der Waals surface area contributed by atoms with Gasteiger partial charge in [-0.3, -0.25) is 4.79 Å². The maximum atomic E-state index is 13.5. The van der Waals surface area contributed by atoms with Gasteiger partial charge in [-0.1, -0.05) is 0 Å². The van der Waals surface area contributed by atoms with E-state index in [1.54, 1.807) is 0 Å². The van der Waals surface area contributed by atoms with Crippen LogP contribution in [0, 0.1) is 5.82 Å². The van der Waals surface area contributed by atoms with E-state index in [0.29, 0.717) is 0 Å². The Hall–Kier alpha value is -1.52. The van der Waals surface area contributed by atoms with Crippen LogP contribution in [0.15, 0.2) is 18.2 Å². The van der Waals surface area contributed by atoms with Crippen molar-refractivity contribution in [1.82, 2.24) is 0 Å². The first-order valence-electron chi connectivity index (χ1n) is 4.71. The molecule has 0 heterocycles. The number of nitrogens with zero attached hydrogens (tertiary/aromatic N) is 1. The van der Waals surface area contributed by atoms with Gasteiger partial charge in [0.05, 0.1) is 12.2 Å². The van der Waals surface area contributed by atoms with Crippen molar-refractivity contribution in [2.24, 2.45) is 0 Å². The normalized spacial score (nSPS) is 10.6. The predicted octanol–water partition coefficient (Wildman–Crippen LogP) is 2.73. The lowest BCUT2D eigenvalue weighted by Crippen LogP contribution is -2.25. The van der Waals surface area contributed by atoms with Crippen LogP contribution >= 0.6 is 0 Å². The van der Waals surface area contributed by atoms with Crippen LogP contribution < -0.4 is 4.90 Å². The summed E-state index contributed by atoms with van der Waals surface area (Å²) in [6.07, 6.45) is -2.53. The molecule has 1 aromatic carbocycles. The average molecular weight is 231 g/mol. The Morgan fingerprint density at radius 1 is 1.44 bits per heavy atom. The smallest absolute Gasteiger partial charge is 0.255 e. The zero-order valence-corrected chi connectivity index (χ0v) is 9.01. The Bertz CT molecular complexity index is 393. The van der Waals surface area contributed by atoms with Gasteiger partial charge in [-0.15, -0.1) is 0 Å². The van der Waals surface area contributed by atoms with Crippen LogP contribution in [0.5, 0.6) is 0 Å². The summed E-state index contributed by atoms with van der Waals surface area (Å²) in [7, 11) is 1.37. The number of carbonyl (C=O) groups excluding carboxylic acids is 1. The number of rotatable bonds is 4. The molecular weight excluding hydrogens is 219 g/mol. The van der Waals surface area contributed by atoms with Gasteiger partial charge in [0.15, 0.2) is 5.78 Å². The van der Waals surface area contributed by atoms with Crippen molar-refractivity contribution in [3.63, 3.8) is 0 Å². The molecule has 0 unspecified atom stereocenters. The van der Waals surface area contributed by atoms with E-state index >= 15 is 0 Å². The summed E-state index contributed by atoms with van der Waals surface area (Å²) in [6.45, 7) is 0.771. The highest BCUT2D eigenvalue weighted by atomic mass is 19.3. The van der Waals surface area contributed by atoms with Crippen LogP contribution in [0.25, 0.3) is 0 Å². The molecule has 0 aliphatic rings. The average Bonchev–Trinajstić information content (AvgIpc) is 2.15. The quantitative estimate of drug-likeness (QED) is 0.742. The fourth-order valence-corrected chi connectivity index (χ4v) is 1.34. The summed E-state index contributed by atoms with van der Waals surface area (Å²) in [6, 6.07) is 3.80. The van der Waals surface area contributed by atoms with E-state index in [4.69, 9.17) is 0 Å². The molecule has 0 amide bonds. The van der Waals surface area contributed by atoms with Crippen LogP contribution in [0.2, 0.25) is 0 Å². The van der Waals surface area contributed by atoms with Gasteiger partial charge in [-0.2, -0.15) is 0 Å². The van der Waals surface area contributed by atoms with Crippen molar-refractivity contribution in [3.8, 4) is 0 Å². The largest absolute Gasteiger partial charge is 0.367 e. The maximum absolute atomic E-state index is 13.5. The summed E-state index contributed by atoms with van der Waals surface area (Å²) < 4.78 is 37.7. The molecule has 1 aromatic rings. The Balaban J connectivity index is 2.94. The molecule has 0 radical (unpaired) electrons. The van der Waals surface area contributed by atoms with Gasteiger partial charge in [0.25, 0.3) is 6.43 Å². The molecule has 0 atom stereocenters. The molecule has 88 valence electrons. The SMILES string of the molecule is CC(=O)c1ccc(N(C)CC(F)F)c(F)c1. The van der Waals surface area contributed by atoms with Crippen molar-refractivity contribution in [2.45, 2.75) is 13.3 Å². The number of hydrogen-bond acceptors (Lipinski definition) is 2. The van der Waals surface area contributed by atoms with E-state index < -0.39 is 18.8 Å². The number of halogens is 3. The van der Waals surface area contributed by atoms with E-state index in [9.17, 15) is 18.0 Å². The third-order valence-electron chi connectivity index (χ3n) is 2.18. The van der Waals surface area contributed by atoms with Crippen molar-refractivity contribution >= 4 is 11.5 Å². The van der Waals surface area contributed by atoms with E-state index in [0.717, 1.165) is 11.0 Å². The molecule has 0 N–H and O–H groups in total. The number of alkyl halides is 2. The number of carbonyl (C=O) groups is 1. The van der Waals surface area contributed by atoms with Gasteiger partial charge < -0.3 is 4.90 Å². The lowest BCUT2D eigenvalue weighted by Gasteiger charge is -2.19. The Kier molecular flexibility index (Phi) is 3.93. The van der Waals surface area contributed by atoms with Crippen molar-refractivity contribution in [3.05, 3.63) is 29.6 Å². The van der Waals surface area contributed by atoms with Crippen molar-refractivity contribution in [2.75, 3.05) is 18.5 Å². The molecule has 0 aromatic heterocycles. The summed E-state index contributed by atoms with van der Waals surface area (Å²) in [5, 5.41) is 0. The zero-order chi connectivity index (χ0) is 12.3. The molecule has 0 spiro atoms. The highest BCUT2D eigenvalue weighted by molar-refractivity contribution is 5.94. The molecule has 5 heteroatoms. The number of ketones is 1. The number of anilines is 1. The molecule has 0 saturated carbocycles. The Morgan fingerprint density at radius 3 is 2.50 bits per heavy atom. The number of Topliss-reactive ketones (excluding diaryl/α,β-unsaturated/α-hetero) is 1. The third kappa shape index (κ3) is 2.98. The van der Waals surface area contributed by atoms with Gasteiger partial charge in [-0.25, -0.2) is 13.2 Å². The van der Waals surface area contributed by atoms with Gasteiger partial charge in [0.2, 0.25) is 0 Å². The second-order valence-electron chi connectivity index (χ2n) is 3.49. The fourth-order valence-electron chi connectivity index (χ4n) is 1.34. The molecule has 1 rings (SSSR count). The molecular formula is C11H12F3NO. The highest BCUT2D eigenvalue weighted by Gasteiger charge is 2.13. The first-order valence-corrected chi connectivity index (χ1v) is 4.71. The van der Waals surface area contributed by atoms with Gasteiger partial charge in [0, 0.05) is 12.6 Å². The monoisotopic (exact) mass is 231 g/mol. The molecule has 16 heavy (non-hydrogen) atoms. The van der Waals surface area contributed by atoms with Crippen LogP contribution in [0.4, 0.5) is 18.9 Å². The lowest BCUT2D eigenvalue weighted by atomic mass is 10.1. The lowest BCUT2D eigenvalue weighted by molar-refractivity contribution is 0.101. The van der Waals surface area contributed by atoms with Crippen molar-refractivity contribution in [1.29, 1.82) is 0 Å². The third-order valence-corrected chi connectivity index (χ3v) is 2.18. The summed E-state index contributed by atoms with van der Waals surface area (Å²) >= 11 is 0. The maximum Gasteiger partial charge on any atom is 0.255 e. The molecule has 0 aliphatic heterocycles. The minimum Gasteiger partial charge on any atom is -0.367 e. The molecule has 2 nitrogen and oxygen atoms in total. The van der Waals surface area contributed by atoms with Gasteiger partial charge in [0.1, 0.15) is 5.82 Å². The second kappa shape index (κ2) is 5.01. The van der Waals surface area contributed by atoms with Crippen LogP contribution in [0.1, 0.15) is 17.3 Å². The van der Waals surface area contributed by atoms with E-state index in [-0.39, 0.29) is 17.0 Å². The van der Waals surface area contributed by atoms with E-state index in [1.165, 1.54) is 26.1 Å². The van der Waals surface area contributed by atoms with Crippen molar-refractivity contribution < 1.29 is 18.0 Å². The van der Waals surface area contributed by atoms with Gasteiger partial charge >= 0.3 is 0 Å². The van der Waals surface area contributed by atoms with E-state index in [1.807, 2.05) is 0 Å².